The normalized spacial score (nSPS) is 11.4. The van der Waals surface area contributed by atoms with E-state index >= 15 is 0 Å². The zero-order valence-electron chi connectivity index (χ0n) is 13.4. The highest BCUT2D eigenvalue weighted by Crippen LogP contribution is 2.15. The Hall–Kier alpha value is -2.08. The van der Waals surface area contributed by atoms with E-state index in [1.165, 1.54) is 17.7 Å². The van der Waals surface area contributed by atoms with Crippen LogP contribution in [0.1, 0.15) is 29.0 Å². The van der Waals surface area contributed by atoms with Crippen LogP contribution in [0.2, 0.25) is 0 Å². The molecule has 1 amide bonds. The number of carbonyl (C=O) groups is 1. The summed E-state index contributed by atoms with van der Waals surface area (Å²) >= 11 is 0. The van der Waals surface area contributed by atoms with Gasteiger partial charge >= 0.3 is 0 Å². The quantitative estimate of drug-likeness (QED) is 0.730. The average molecular weight is 335 g/mol. The number of unbranched alkanes of at least 4 members (excludes halogenated alkanes) is 1. The summed E-state index contributed by atoms with van der Waals surface area (Å²) in [6.07, 6.45) is 3.88. The first kappa shape index (κ1) is 17.3. The Labute approximate surface area is 136 Å². The molecule has 0 saturated carbocycles. The molecular weight excluding hydrogens is 314 g/mol. The number of aryl methyl sites for hydroxylation is 1. The molecule has 0 aliphatic carbocycles. The van der Waals surface area contributed by atoms with E-state index in [4.69, 9.17) is 4.42 Å². The van der Waals surface area contributed by atoms with Crippen LogP contribution in [0.15, 0.2) is 52.0 Å². The number of rotatable bonds is 7. The zero-order valence-corrected chi connectivity index (χ0v) is 14.2. The first-order valence-corrected chi connectivity index (χ1v) is 9.36. The van der Waals surface area contributed by atoms with Crippen LogP contribution >= 0.6 is 0 Å². The van der Waals surface area contributed by atoms with Gasteiger partial charge < -0.3 is 9.32 Å². The Morgan fingerprint density at radius 1 is 1.09 bits per heavy atom. The highest BCUT2D eigenvalue weighted by Gasteiger charge is 2.19. The summed E-state index contributed by atoms with van der Waals surface area (Å²) in [5.41, 5.74) is 1.28. The van der Waals surface area contributed by atoms with Crippen LogP contribution in [0.3, 0.4) is 0 Å². The van der Waals surface area contributed by atoms with Crippen molar-refractivity contribution in [2.24, 2.45) is 0 Å². The molecule has 1 aromatic heterocycles. The van der Waals surface area contributed by atoms with Gasteiger partial charge in [0.1, 0.15) is 0 Å². The molecule has 0 N–H and O–H groups in total. The Balaban J connectivity index is 1.82. The van der Waals surface area contributed by atoms with Crippen molar-refractivity contribution in [3.63, 3.8) is 0 Å². The maximum Gasteiger partial charge on any atom is 0.289 e. The monoisotopic (exact) mass is 335 g/mol. The third-order valence-corrected chi connectivity index (χ3v) is 4.51. The molecule has 124 valence electrons. The maximum atomic E-state index is 12.2. The van der Waals surface area contributed by atoms with Crippen molar-refractivity contribution in [1.82, 2.24) is 4.90 Å². The average Bonchev–Trinajstić information content (AvgIpc) is 3.01. The van der Waals surface area contributed by atoms with Gasteiger partial charge in [0.15, 0.2) is 5.76 Å². The second kappa shape index (κ2) is 7.46. The Kier molecular flexibility index (Phi) is 5.60. The summed E-state index contributed by atoms with van der Waals surface area (Å²) in [5.74, 6) is -0.254. The fourth-order valence-corrected chi connectivity index (χ4v) is 2.80. The molecule has 2 rings (SSSR count). The van der Waals surface area contributed by atoms with Gasteiger partial charge in [-0.25, -0.2) is 8.42 Å². The van der Waals surface area contributed by atoms with Gasteiger partial charge in [0.05, 0.1) is 0 Å². The summed E-state index contributed by atoms with van der Waals surface area (Å²) in [4.78, 5) is 13.7. The van der Waals surface area contributed by atoms with Gasteiger partial charge in [0, 0.05) is 19.8 Å². The van der Waals surface area contributed by atoms with Crippen molar-refractivity contribution in [2.75, 3.05) is 19.8 Å². The summed E-state index contributed by atoms with van der Waals surface area (Å²) in [6.45, 7) is 0.598. The van der Waals surface area contributed by atoms with E-state index in [9.17, 15) is 13.2 Å². The minimum atomic E-state index is -3.43. The van der Waals surface area contributed by atoms with Gasteiger partial charge in [-0.05, 0) is 37.0 Å². The number of carbonyl (C=O) groups excluding carboxylic acids is 1. The second-order valence-electron chi connectivity index (χ2n) is 5.56. The van der Waals surface area contributed by atoms with Gasteiger partial charge in [0.25, 0.3) is 5.91 Å². The van der Waals surface area contributed by atoms with Crippen LogP contribution < -0.4 is 0 Å². The molecule has 0 spiro atoms. The molecule has 0 bridgehead atoms. The molecule has 23 heavy (non-hydrogen) atoms. The molecular formula is C17H21NO4S. The minimum absolute atomic E-state index is 0.0518. The number of amides is 1. The van der Waals surface area contributed by atoms with Crippen LogP contribution in [0.4, 0.5) is 0 Å². The lowest BCUT2D eigenvalue weighted by molar-refractivity contribution is 0.0755. The van der Waals surface area contributed by atoms with E-state index in [1.54, 1.807) is 11.9 Å². The smallest absolute Gasteiger partial charge is 0.289 e. The van der Waals surface area contributed by atoms with Gasteiger partial charge in [0.2, 0.25) is 14.9 Å². The number of nitrogens with zero attached hydrogens (tertiary/aromatic N) is 1. The van der Waals surface area contributed by atoms with E-state index in [0.717, 1.165) is 25.5 Å². The molecule has 0 saturated heterocycles. The van der Waals surface area contributed by atoms with E-state index in [1.807, 2.05) is 18.2 Å². The van der Waals surface area contributed by atoms with Crippen LogP contribution in [0.5, 0.6) is 0 Å². The minimum Gasteiger partial charge on any atom is -0.440 e. The lowest BCUT2D eigenvalue weighted by Gasteiger charge is -2.15. The molecule has 2 aromatic rings. The van der Waals surface area contributed by atoms with E-state index in [-0.39, 0.29) is 16.8 Å². The van der Waals surface area contributed by atoms with Crippen molar-refractivity contribution in [1.29, 1.82) is 0 Å². The van der Waals surface area contributed by atoms with Crippen molar-refractivity contribution < 1.29 is 17.6 Å². The Morgan fingerprint density at radius 2 is 1.78 bits per heavy atom. The van der Waals surface area contributed by atoms with Crippen molar-refractivity contribution >= 4 is 15.7 Å². The van der Waals surface area contributed by atoms with Crippen LogP contribution in [-0.4, -0.2) is 39.1 Å². The van der Waals surface area contributed by atoms with E-state index in [2.05, 4.69) is 12.1 Å². The van der Waals surface area contributed by atoms with Gasteiger partial charge in [-0.3, -0.25) is 4.79 Å². The van der Waals surface area contributed by atoms with Crippen LogP contribution in [0, 0.1) is 0 Å². The van der Waals surface area contributed by atoms with Crippen molar-refractivity contribution in [2.45, 2.75) is 24.4 Å². The largest absolute Gasteiger partial charge is 0.440 e. The summed E-state index contributed by atoms with van der Waals surface area (Å²) in [7, 11) is -1.74. The molecule has 0 atom stereocenters. The van der Waals surface area contributed by atoms with Gasteiger partial charge in [-0.2, -0.15) is 0 Å². The predicted octanol–water partition coefficient (Wildman–Crippen LogP) is 2.78. The molecule has 0 aliphatic heterocycles. The SMILES string of the molecule is CN(CCCCc1ccccc1)C(=O)c1ccc(S(C)(=O)=O)o1. The number of sulfone groups is 1. The highest BCUT2D eigenvalue weighted by molar-refractivity contribution is 7.90. The molecule has 0 radical (unpaired) electrons. The number of hydrogen-bond acceptors (Lipinski definition) is 4. The predicted molar refractivity (Wildman–Crippen MR) is 88.2 cm³/mol. The molecule has 0 fully saturated rings. The molecule has 0 unspecified atom stereocenters. The standard InChI is InChI=1S/C17H21NO4S/c1-18(13-7-6-10-14-8-4-3-5-9-14)17(19)15-11-12-16(22-15)23(2,20)21/h3-5,8-9,11-12H,6-7,10,13H2,1-2H3. The Bertz CT molecular complexity index is 750. The molecule has 0 aliphatic rings. The zero-order chi connectivity index (χ0) is 16.9. The third-order valence-electron chi connectivity index (χ3n) is 3.56. The maximum absolute atomic E-state index is 12.2. The molecule has 1 heterocycles. The van der Waals surface area contributed by atoms with E-state index in [0.29, 0.717) is 6.54 Å². The number of furan rings is 1. The van der Waals surface area contributed by atoms with Gasteiger partial charge in [-0.1, -0.05) is 30.3 Å². The lowest BCUT2D eigenvalue weighted by atomic mass is 10.1. The number of benzene rings is 1. The van der Waals surface area contributed by atoms with E-state index < -0.39 is 9.84 Å². The fraction of sp³-hybridized carbons (Fsp3) is 0.353. The van der Waals surface area contributed by atoms with Crippen molar-refractivity contribution in [3.05, 3.63) is 53.8 Å². The summed E-state index contributed by atoms with van der Waals surface area (Å²) in [6, 6.07) is 12.9. The fourth-order valence-electron chi connectivity index (χ4n) is 2.25. The number of hydrogen-bond donors (Lipinski definition) is 0. The topological polar surface area (TPSA) is 67.6 Å². The van der Waals surface area contributed by atoms with Crippen LogP contribution in [0.25, 0.3) is 0 Å². The Morgan fingerprint density at radius 3 is 2.39 bits per heavy atom. The van der Waals surface area contributed by atoms with Gasteiger partial charge in [-0.15, -0.1) is 0 Å². The molecule has 5 nitrogen and oxygen atoms in total. The summed E-state index contributed by atoms with van der Waals surface area (Å²) in [5, 5.41) is -0.182. The van der Waals surface area contributed by atoms with Crippen molar-refractivity contribution in [3.8, 4) is 0 Å². The third kappa shape index (κ3) is 4.96. The molecule has 1 aromatic carbocycles. The first-order valence-electron chi connectivity index (χ1n) is 7.47. The summed E-state index contributed by atoms with van der Waals surface area (Å²) < 4.78 is 27.9. The molecule has 6 heteroatoms. The lowest BCUT2D eigenvalue weighted by Crippen LogP contribution is -2.27. The second-order valence-corrected chi connectivity index (χ2v) is 7.51. The first-order chi connectivity index (χ1) is 10.9. The highest BCUT2D eigenvalue weighted by atomic mass is 32.2. The van der Waals surface area contributed by atoms with Crippen LogP contribution in [-0.2, 0) is 16.3 Å².